The molecule has 1 rings (SSSR count). The highest BCUT2D eigenvalue weighted by Gasteiger charge is 2.43. The van der Waals surface area contributed by atoms with Crippen LogP contribution in [0.2, 0.25) is 0 Å². The van der Waals surface area contributed by atoms with Gasteiger partial charge in [-0.2, -0.15) is 0 Å². The van der Waals surface area contributed by atoms with Crippen LogP contribution in [-0.2, 0) is 4.79 Å². The van der Waals surface area contributed by atoms with Crippen molar-refractivity contribution in [2.24, 2.45) is 11.1 Å². The second-order valence-electron chi connectivity index (χ2n) is 4.62. The lowest BCUT2D eigenvalue weighted by atomic mass is 10.0. The molecule has 16 heavy (non-hydrogen) atoms. The fraction of sp³-hybridized carbons (Fsp3) is 0.818. The van der Waals surface area contributed by atoms with Crippen LogP contribution in [0.15, 0.2) is 0 Å². The van der Waals surface area contributed by atoms with E-state index in [2.05, 4.69) is 17.1 Å². The predicted molar refractivity (Wildman–Crippen MR) is 69.3 cm³/mol. The molecule has 0 bridgehead atoms. The van der Waals surface area contributed by atoms with E-state index in [4.69, 9.17) is 18.0 Å². The van der Waals surface area contributed by atoms with E-state index in [-0.39, 0.29) is 11.3 Å². The van der Waals surface area contributed by atoms with Gasteiger partial charge in [0, 0.05) is 20.0 Å². The van der Waals surface area contributed by atoms with Crippen molar-refractivity contribution in [1.82, 2.24) is 10.2 Å². The van der Waals surface area contributed by atoms with Crippen molar-refractivity contribution in [3.8, 4) is 0 Å². The normalized spacial score (nSPS) is 17.2. The summed E-state index contributed by atoms with van der Waals surface area (Å²) < 4.78 is 0. The number of thiocarbonyl (C=S) groups is 1. The zero-order valence-corrected chi connectivity index (χ0v) is 10.9. The van der Waals surface area contributed by atoms with Crippen LogP contribution >= 0.6 is 12.2 Å². The largest absolute Gasteiger partial charge is 0.393 e. The van der Waals surface area contributed by atoms with E-state index in [1.54, 1.807) is 7.05 Å². The molecule has 0 aromatic carbocycles. The summed E-state index contributed by atoms with van der Waals surface area (Å²) in [7, 11) is 1.66. The third-order valence-electron chi connectivity index (χ3n) is 3.16. The molecule has 0 saturated heterocycles. The first kappa shape index (κ1) is 13.4. The van der Waals surface area contributed by atoms with Crippen LogP contribution < -0.4 is 11.1 Å². The molecule has 92 valence electrons. The molecular weight excluding hydrogens is 222 g/mol. The van der Waals surface area contributed by atoms with Gasteiger partial charge in [0.15, 0.2) is 0 Å². The van der Waals surface area contributed by atoms with Gasteiger partial charge in [0.05, 0.1) is 11.5 Å². The Kier molecular flexibility index (Phi) is 4.68. The summed E-state index contributed by atoms with van der Waals surface area (Å²) in [6.45, 7) is 4.34. The highest BCUT2D eigenvalue weighted by atomic mass is 32.1. The Labute approximate surface area is 103 Å². The van der Waals surface area contributed by atoms with Crippen LogP contribution in [0.3, 0.4) is 0 Å². The smallest absolute Gasteiger partial charge is 0.233 e. The average molecular weight is 243 g/mol. The van der Waals surface area contributed by atoms with Gasteiger partial charge in [0.1, 0.15) is 0 Å². The summed E-state index contributed by atoms with van der Waals surface area (Å²) in [6, 6.07) is 0. The summed E-state index contributed by atoms with van der Waals surface area (Å²) in [5.74, 6) is 0.0629. The molecular formula is C11H21N3OS. The number of hydrogen-bond acceptors (Lipinski definition) is 3. The molecule has 0 radical (unpaired) electrons. The van der Waals surface area contributed by atoms with Gasteiger partial charge in [-0.25, -0.2) is 0 Å². The maximum atomic E-state index is 11.3. The molecule has 1 fully saturated rings. The first-order chi connectivity index (χ1) is 7.51. The average Bonchev–Trinajstić information content (AvgIpc) is 2.95. The third-order valence-corrected chi connectivity index (χ3v) is 3.30. The number of likely N-dealkylation sites (N-methyl/N-ethyl adjacent to an activating group) is 2. The Morgan fingerprint density at radius 1 is 1.56 bits per heavy atom. The molecule has 0 aromatic rings. The Bertz CT molecular complexity index is 276. The summed E-state index contributed by atoms with van der Waals surface area (Å²) in [5, 5.41) is 2.65. The second-order valence-corrected chi connectivity index (χ2v) is 5.14. The van der Waals surface area contributed by atoms with Crippen molar-refractivity contribution < 1.29 is 4.79 Å². The fourth-order valence-corrected chi connectivity index (χ4v) is 2.28. The van der Waals surface area contributed by atoms with Crippen LogP contribution in [0.4, 0.5) is 0 Å². The van der Waals surface area contributed by atoms with Crippen LogP contribution in [0.1, 0.15) is 26.2 Å². The highest BCUT2D eigenvalue weighted by Crippen LogP contribution is 2.49. The van der Waals surface area contributed by atoms with Crippen LogP contribution in [0.5, 0.6) is 0 Å². The van der Waals surface area contributed by atoms with Gasteiger partial charge >= 0.3 is 0 Å². The Morgan fingerprint density at radius 3 is 2.56 bits per heavy atom. The Morgan fingerprint density at radius 2 is 2.19 bits per heavy atom. The summed E-state index contributed by atoms with van der Waals surface area (Å²) >= 11 is 4.96. The predicted octanol–water partition coefficient (Wildman–Crippen LogP) is 0.511. The van der Waals surface area contributed by atoms with Crippen molar-refractivity contribution in [2.75, 3.05) is 26.7 Å². The van der Waals surface area contributed by atoms with Gasteiger partial charge < -0.3 is 11.1 Å². The quantitative estimate of drug-likeness (QED) is 0.640. The monoisotopic (exact) mass is 243 g/mol. The lowest BCUT2D eigenvalue weighted by Gasteiger charge is -2.25. The van der Waals surface area contributed by atoms with Gasteiger partial charge in [-0.3, -0.25) is 9.69 Å². The van der Waals surface area contributed by atoms with E-state index >= 15 is 0 Å². The number of carbonyl (C=O) groups is 1. The highest BCUT2D eigenvalue weighted by molar-refractivity contribution is 7.80. The minimum Gasteiger partial charge on any atom is -0.393 e. The van der Waals surface area contributed by atoms with Crippen molar-refractivity contribution in [3.63, 3.8) is 0 Å². The number of carbonyl (C=O) groups excluding carboxylic acids is 1. The standard InChI is InChI=1S/C11H21N3OS/c1-3-14(7-10(15)13-2)8-11(4-5-11)6-9(12)16/h3-8H2,1-2H3,(H2,12,16)(H,13,15). The first-order valence-electron chi connectivity index (χ1n) is 5.72. The summed E-state index contributed by atoms with van der Waals surface area (Å²) in [6.07, 6.45) is 3.16. The zero-order chi connectivity index (χ0) is 12.2. The van der Waals surface area contributed by atoms with E-state index < -0.39 is 0 Å². The maximum Gasteiger partial charge on any atom is 0.233 e. The molecule has 3 N–H and O–H groups in total. The maximum absolute atomic E-state index is 11.3. The van der Waals surface area contributed by atoms with Crippen LogP contribution in [0, 0.1) is 5.41 Å². The number of nitrogens with zero attached hydrogens (tertiary/aromatic N) is 1. The minimum atomic E-state index is 0.0629. The zero-order valence-electron chi connectivity index (χ0n) is 10.1. The molecule has 0 aromatic heterocycles. The Hall–Kier alpha value is -0.680. The van der Waals surface area contributed by atoms with Crippen molar-refractivity contribution in [1.29, 1.82) is 0 Å². The van der Waals surface area contributed by atoms with Gasteiger partial charge in [-0.15, -0.1) is 0 Å². The van der Waals surface area contributed by atoms with Crippen LogP contribution in [0.25, 0.3) is 0 Å². The Balaban J connectivity index is 2.43. The molecule has 1 aliphatic rings. The topological polar surface area (TPSA) is 58.4 Å². The molecule has 5 heteroatoms. The molecule has 1 aliphatic carbocycles. The number of nitrogens with two attached hydrogens (primary N) is 1. The fourth-order valence-electron chi connectivity index (χ4n) is 1.97. The molecule has 1 saturated carbocycles. The summed E-state index contributed by atoms with van der Waals surface area (Å²) in [4.78, 5) is 14.1. The lowest BCUT2D eigenvalue weighted by Crippen LogP contribution is -2.39. The van der Waals surface area contributed by atoms with Gasteiger partial charge in [-0.05, 0) is 24.8 Å². The number of rotatable bonds is 7. The van der Waals surface area contributed by atoms with E-state index in [0.29, 0.717) is 11.5 Å². The van der Waals surface area contributed by atoms with E-state index in [1.165, 1.54) is 12.8 Å². The molecule has 0 aliphatic heterocycles. The minimum absolute atomic E-state index is 0.0629. The molecule has 0 unspecified atom stereocenters. The number of hydrogen-bond donors (Lipinski definition) is 2. The molecule has 1 amide bonds. The molecule has 0 atom stereocenters. The van der Waals surface area contributed by atoms with E-state index in [9.17, 15) is 4.79 Å². The van der Waals surface area contributed by atoms with Gasteiger partial charge in [0.25, 0.3) is 0 Å². The second kappa shape index (κ2) is 5.59. The van der Waals surface area contributed by atoms with Crippen molar-refractivity contribution in [3.05, 3.63) is 0 Å². The van der Waals surface area contributed by atoms with Gasteiger partial charge in [0.2, 0.25) is 5.91 Å². The SMILES string of the molecule is CCN(CC(=O)NC)CC1(CC(N)=S)CC1. The molecule has 4 nitrogen and oxygen atoms in total. The van der Waals surface area contributed by atoms with Crippen molar-refractivity contribution >= 4 is 23.1 Å². The molecule has 0 spiro atoms. The number of amides is 1. The number of nitrogens with one attached hydrogen (secondary N) is 1. The van der Waals surface area contributed by atoms with E-state index in [0.717, 1.165) is 19.5 Å². The lowest BCUT2D eigenvalue weighted by molar-refractivity contribution is -0.121. The first-order valence-corrected chi connectivity index (χ1v) is 6.13. The van der Waals surface area contributed by atoms with Gasteiger partial charge in [-0.1, -0.05) is 19.1 Å². The van der Waals surface area contributed by atoms with Crippen LogP contribution in [-0.4, -0.2) is 42.5 Å². The molecule has 0 heterocycles. The summed E-state index contributed by atoms with van der Waals surface area (Å²) in [5.41, 5.74) is 5.86. The van der Waals surface area contributed by atoms with Crippen molar-refractivity contribution in [2.45, 2.75) is 26.2 Å². The van der Waals surface area contributed by atoms with E-state index in [1.807, 2.05) is 0 Å². The third kappa shape index (κ3) is 4.06.